The molecule has 4 heteroatoms. The number of esters is 2. The van der Waals surface area contributed by atoms with Gasteiger partial charge in [-0.1, -0.05) is 54.6 Å². The molecule has 1 heterocycles. The standard InChI is InChI=1S/C21H18O4/c1-21(2)24-19(22)18(20(23)25-21)17-12-16(13-8-4-3-5-9-13)14-10-6-7-11-15(14)17/h3-11,16H,12H2,1-2H3/t16-/m0/s1. The van der Waals surface area contributed by atoms with Crippen molar-refractivity contribution in [1.29, 1.82) is 0 Å². The molecule has 0 spiro atoms. The number of hydrogen-bond donors (Lipinski definition) is 0. The van der Waals surface area contributed by atoms with Gasteiger partial charge in [-0.25, -0.2) is 9.59 Å². The molecule has 2 aromatic rings. The van der Waals surface area contributed by atoms with Gasteiger partial charge in [-0.2, -0.15) is 0 Å². The fourth-order valence-electron chi connectivity index (χ4n) is 3.62. The quantitative estimate of drug-likeness (QED) is 0.452. The van der Waals surface area contributed by atoms with Crippen molar-refractivity contribution in [2.24, 2.45) is 0 Å². The van der Waals surface area contributed by atoms with Crippen LogP contribution in [0.3, 0.4) is 0 Å². The molecule has 0 unspecified atom stereocenters. The van der Waals surface area contributed by atoms with Crippen LogP contribution in [0.1, 0.15) is 42.9 Å². The van der Waals surface area contributed by atoms with Crippen LogP contribution in [-0.2, 0) is 19.1 Å². The molecule has 1 aliphatic carbocycles. The molecule has 0 bridgehead atoms. The van der Waals surface area contributed by atoms with Crippen molar-refractivity contribution in [3.05, 3.63) is 76.9 Å². The maximum absolute atomic E-state index is 12.5. The van der Waals surface area contributed by atoms with Gasteiger partial charge < -0.3 is 9.47 Å². The van der Waals surface area contributed by atoms with Gasteiger partial charge in [-0.05, 0) is 28.7 Å². The maximum Gasteiger partial charge on any atom is 0.349 e. The van der Waals surface area contributed by atoms with Crippen LogP contribution in [0.15, 0.2) is 60.2 Å². The minimum absolute atomic E-state index is 0.0187. The number of ether oxygens (including phenoxy) is 2. The first kappa shape index (κ1) is 15.6. The van der Waals surface area contributed by atoms with E-state index in [4.69, 9.17) is 9.47 Å². The lowest BCUT2D eigenvalue weighted by molar-refractivity contribution is -0.222. The molecule has 1 saturated heterocycles. The van der Waals surface area contributed by atoms with E-state index in [9.17, 15) is 9.59 Å². The summed E-state index contributed by atoms with van der Waals surface area (Å²) < 4.78 is 10.6. The summed E-state index contributed by atoms with van der Waals surface area (Å²) in [5.41, 5.74) is 3.91. The van der Waals surface area contributed by atoms with Gasteiger partial charge >= 0.3 is 11.9 Å². The number of rotatable bonds is 1. The molecule has 126 valence electrons. The van der Waals surface area contributed by atoms with Crippen molar-refractivity contribution in [2.45, 2.75) is 32.0 Å². The number of benzene rings is 2. The third kappa shape index (κ3) is 2.64. The maximum atomic E-state index is 12.5. The van der Waals surface area contributed by atoms with E-state index in [0.717, 1.165) is 16.7 Å². The molecular weight excluding hydrogens is 316 g/mol. The third-order valence-corrected chi connectivity index (χ3v) is 4.66. The Bertz CT molecular complexity index is 871. The number of carbonyl (C=O) groups excluding carboxylic acids is 2. The van der Waals surface area contributed by atoms with Gasteiger partial charge in [0.05, 0.1) is 0 Å². The van der Waals surface area contributed by atoms with Gasteiger partial charge in [0.1, 0.15) is 5.57 Å². The van der Waals surface area contributed by atoms with Gasteiger partial charge in [-0.3, -0.25) is 0 Å². The lowest BCUT2D eigenvalue weighted by Gasteiger charge is -2.30. The number of carbonyl (C=O) groups is 2. The highest BCUT2D eigenvalue weighted by molar-refractivity contribution is 6.21. The summed E-state index contributed by atoms with van der Waals surface area (Å²) in [7, 11) is 0. The van der Waals surface area contributed by atoms with Gasteiger partial charge in [0.15, 0.2) is 0 Å². The third-order valence-electron chi connectivity index (χ3n) is 4.66. The average molecular weight is 334 g/mol. The average Bonchev–Trinajstić information content (AvgIpc) is 2.94. The summed E-state index contributed by atoms with van der Waals surface area (Å²) in [6, 6.07) is 18.0. The van der Waals surface area contributed by atoms with Crippen LogP contribution in [0.2, 0.25) is 0 Å². The number of fused-ring (bicyclic) bond motifs is 1. The second-order valence-electron chi connectivity index (χ2n) is 6.79. The van der Waals surface area contributed by atoms with E-state index in [1.54, 1.807) is 13.8 Å². The van der Waals surface area contributed by atoms with E-state index in [1.165, 1.54) is 0 Å². The van der Waals surface area contributed by atoms with E-state index in [-0.39, 0.29) is 11.5 Å². The van der Waals surface area contributed by atoms with Crippen molar-refractivity contribution < 1.29 is 19.1 Å². The minimum Gasteiger partial charge on any atom is -0.419 e. The molecule has 1 atom stereocenters. The molecule has 4 rings (SSSR count). The molecule has 1 fully saturated rings. The predicted molar refractivity (Wildman–Crippen MR) is 92.5 cm³/mol. The summed E-state index contributed by atoms with van der Waals surface area (Å²) in [6.45, 7) is 3.11. The second kappa shape index (κ2) is 5.59. The van der Waals surface area contributed by atoms with E-state index >= 15 is 0 Å². The first-order valence-corrected chi connectivity index (χ1v) is 8.30. The van der Waals surface area contributed by atoms with E-state index in [0.29, 0.717) is 12.0 Å². The Kier molecular flexibility index (Phi) is 3.49. The van der Waals surface area contributed by atoms with Gasteiger partial charge in [0.2, 0.25) is 0 Å². The Morgan fingerprint density at radius 1 is 0.880 bits per heavy atom. The molecule has 0 amide bonds. The monoisotopic (exact) mass is 334 g/mol. The minimum atomic E-state index is -1.23. The van der Waals surface area contributed by atoms with Crippen LogP contribution in [0.25, 0.3) is 5.57 Å². The molecule has 25 heavy (non-hydrogen) atoms. The zero-order valence-electron chi connectivity index (χ0n) is 14.1. The normalized spacial score (nSPS) is 21.6. The summed E-state index contributed by atoms with van der Waals surface area (Å²) in [5.74, 6) is -2.34. The van der Waals surface area contributed by atoms with E-state index < -0.39 is 17.7 Å². The SMILES string of the molecule is CC1(C)OC(=O)C(=C2C[C@@H](c3ccccc3)c3ccccc32)C(=O)O1. The van der Waals surface area contributed by atoms with Crippen molar-refractivity contribution >= 4 is 17.5 Å². The Morgan fingerprint density at radius 2 is 1.48 bits per heavy atom. The lowest BCUT2D eigenvalue weighted by Crippen LogP contribution is -2.42. The summed E-state index contributed by atoms with van der Waals surface area (Å²) in [5, 5.41) is 0. The molecule has 0 saturated carbocycles. The Hall–Kier alpha value is -2.88. The first-order chi connectivity index (χ1) is 12.0. The molecule has 2 aromatic carbocycles. The number of cyclic esters (lactones) is 2. The summed E-state index contributed by atoms with van der Waals surface area (Å²) in [6.07, 6.45) is 0.573. The molecule has 0 radical (unpaired) electrons. The molecule has 0 aromatic heterocycles. The zero-order valence-corrected chi connectivity index (χ0v) is 14.1. The van der Waals surface area contributed by atoms with Crippen LogP contribution in [-0.4, -0.2) is 17.7 Å². The van der Waals surface area contributed by atoms with Crippen LogP contribution >= 0.6 is 0 Å². The second-order valence-corrected chi connectivity index (χ2v) is 6.79. The van der Waals surface area contributed by atoms with Gasteiger partial charge in [-0.15, -0.1) is 0 Å². The fourth-order valence-corrected chi connectivity index (χ4v) is 3.62. The Morgan fingerprint density at radius 3 is 2.16 bits per heavy atom. The predicted octanol–water partition coefficient (Wildman–Crippen LogP) is 3.81. The van der Waals surface area contributed by atoms with E-state index in [2.05, 4.69) is 12.1 Å². The fraction of sp³-hybridized carbons (Fsp3) is 0.238. The highest BCUT2D eigenvalue weighted by atomic mass is 16.7. The Labute approximate surface area is 146 Å². The molecule has 4 nitrogen and oxygen atoms in total. The summed E-state index contributed by atoms with van der Waals surface area (Å²) in [4.78, 5) is 25.0. The Balaban J connectivity index is 1.85. The van der Waals surface area contributed by atoms with E-state index in [1.807, 2.05) is 42.5 Å². The molecule has 2 aliphatic rings. The van der Waals surface area contributed by atoms with Crippen molar-refractivity contribution in [1.82, 2.24) is 0 Å². The zero-order chi connectivity index (χ0) is 17.6. The highest BCUT2D eigenvalue weighted by Crippen LogP contribution is 2.47. The van der Waals surface area contributed by atoms with Crippen LogP contribution in [0, 0.1) is 0 Å². The lowest BCUT2D eigenvalue weighted by atomic mass is 9.93. The van der Waals surface area contributed by atoms with Crippen LogP contribution in [0.5, 0.6) is 0 Å². The smallest absolute Gasteiger partial charge is 0.349 e. The van der Waals surface area contributed by atoms with Crippen LogP contribution in [0.4, 0.5) is 0 Å². The van der Waals surface area contributed by atoms with Crippen molar-refractivity contribution in [2.75, 3.05) is 0 Å². The molecule has 1 aliphatic heterocycles. The largest absolute Gasteiger partial charge is 0.419 e. The first-order valence-electron chi connectivity index (χ1n) is 8.30. The summed E-state index contributed by atoms with van der Waals surface area (Å²) >= 11 is 0. The van der Waals surface area contributed by atoms with Crippen molar-refractivity contribution in [3.63, 3.8) is 0 Å². The topological polar surface area (TPSA) is 52.6 Å². The van der Waals surface area contributed by atoms with Crippen LogP contribution < -0.4 is 0 Å². The molecule has 0 N–H and O–H groups in total. The van der Waals surface area contributed by atoms with Gasteiger partial charge in [0.25, 0.3) is 5.79 Å². The van der Waals surface area contributed by atoms with Crippen molar-refractivity contribution in [3.8, 4) is 0 Å². The highest BCUT2D eigenvalue weighted by Gasteiger charge is 2.43. The molecular formula is C21H18O4. The number of hydrogen-bond acceptors (Lipinski definition) is 4. The number of allylic oxidation sites excluding steroid dienone is 1. The van der Waals surface area contributed by atoms with Gasteiger partial charge in [0, 0.05) is 19.8 Å².